The van der Waals surface area contributed by atoms with Gasteiger partial charge in [-0.1, -0.05) is 6.58 Å². The molecule has 0 saturated heterocycles. The second kappa shape index (κ2) is 11.3. The summed E-state index contributed by atoms with van der Waals surface area (Å²) in [4.78, 5) is 23.4. The minimum absolute atomic E-state index is 0.0404. The molecule has 2 fully saturated rings. The molecule has 0 atom stereocenters. The molecule has 2 saturated carbocycles. The first kappa shape index (κ1) is 26.4. The van der Waals surface area contributed by atoms with E-state index in [-0.39, 0.29) is 57.6 Å². The molecule has 14 heteroatoms. The third-order valence-corrected chi connectivity index (χ3v) is 4.67. The van der Waals surface area contributed by atoms with E-state index in [4.69, 9.17) is 9.47 Å². The van der Waals surface area contributed by atoms with E-state index in [2.05, 4.69) is 26.7 Å². The fourth-order valence-corrected chi connectivity index (χ4v) is 2.96. The van der Waals surface area contributed by atoms with E-state index in [1.54, 1.807) is 0 Å². The topological polar surface area (TPSA) is 95.1 Å². The lowest BCUT2D eigenvalue weighted by molar-refractivity contribution is -0.358. The van der Waals surface area contributed by atoms with Crippen LogP contribution in [-0.2, 0) is 28.5 Å². The van der Waals surface area contributed by atoms with Crippen LogP contribution < -0.4 is 10.6 Å². The molecule has 0 radical (unpaired) electrons. The van der Waals surface area contributed by atoms with Gasteiger partial charge in [0.15, 0.2) is 0 Å². The summed E-state index contributed by atoms with van der Waals surface area (Å²) < 4.78 is 90.0. The monoisotopic (exact) mass is 478 g/mol. The Morgan fingerprint density at radius 2 is 1.22 bits per heavy atom. The highest BCUT2D eigenvalue weighted by atomic mass is 19.4. The average Bonchev–Trinajstić information content (AvgIpc) is 2.56. The Labute approximate surface area is 179 Å². The fraction of sp³-hybridized carbons (Fsp3) is 0.778. The molecule has 2 rings (SSSR count). The summed E-state index contributed by atoms with van der Waals surface area (Å²) in [7, 11) is 0. The van der Waals surface area contributed by atoms with E-state index in [0.29, 0.717) is 0 Å². The van der Waals surface area contributed by atoms with E-state index in [9.17, 15) is 35.9 Å². The van der Waals surface area contributed by atoms with Gasteiger partial charge in [0.2, 0.25) is 11.8 Å². The summed E-state index contributed by atoms with van der Waals surface area (Å²) in [6.07, 6.45) is -11.9. The van der Waals surface area contributed by atoms with Crippen LogP contribution in [0.3, 0.4) is 0 Å². The van der Waals surface area contributed by atoms with E-state index >= 15 is 0 Å². The minimum Gasteiger partial charge on any atom is -0.368 e. The van der Waals surface area contributed by atoms with Gasteiger partial charge in [-0.2, -0.15) is 0 Å². The Morgan fingerprint density at radius 3 is 1.66 bits per heavy atom. The van der Waals surface area contributed by atoms with Crippen molar-refractivity contribution in [2.45, 2.75) is 69.2 Å². The Bertz CT molecular complexity index is 659. The number of amides is 2. The largest absolute Gasteiger partial charge is 0.522 e. The second-order valence-electron chi connectivity index (χ2n) is 7.43. The molecular weight excluding hydrogens is 454 g/mol. The lowest BCUT2D eigenvalue weighted by atomic mass is 9.92. The first-order valence-corrected chi connectivity index (χ1v) is 9.75. The summed E-state index contributed by atoms with van der Waals surface area (Å²) in [5.41, 5.74) is 0.290. The molecule has 0 spiro atoms. The van der Waals surface area contributed by atoms with Crippen molar-refractivity contribution < 1.29 is 54.9 Å². The number of ether oxygens (including phenoxy) is 4. The predicted molar refractivity (Wildman–Crippen MR) is 94.7 cm³/mol. The van der Waals surface area contributed by atoms with Crippen LogP contribution in [0, 0.1) is 0 Å². The molecule has 2 N–H and O–H groups in total. The van der Waals surface area contributed by atoms with Crippen LogP contribution in [0.15, 0.2) is 12.3 Å². The minimum atomic E-state index is -4.70. The average molecular weight is 478 g/mol. The lowest BCUT2D eigenvalue weighted by Gasteiger charge is -2.34. The van der Waals surface area contributed by atoms with E-state index in [0.717, 1.165) is 0 Å². The van der Waals surface area contributed by atoms with Gasteiger partial charge < -0.3 is 20.1 Å². The first-order valence-electron chi connectivity index (χ1n) is 9.75. The van der Waals surface area contributed by atoms with Crippen molar-refractivity contribution in [3.05, 3.63) is 12.3 Å². The number of carbonyl (C=O) groups is 2. The van der Waals surface area contributed by atoms with Gasteiger partial charge in [0.1, 0.15) is 13.2 Å². The van der Waals surface area contributed by atoms with Crippen molar-refractivity contribution in [3.8, 4) is 0 Å². The highest BCUT2D eigenvalue weighted by molar-refractivity contribution is 5.79. The maximum atomic E-state index is 12.0. The van der Waals surface area contributed by atoms with E-state index < -0.39 is 49.0 Å². The van der Waals surface area contributed by atoms with Gasteiger partial charge in [-0.15, -0.1) is 26.3 Å². The van der Waals surface area contributed by atoms with Crippen LogP contribution in [0.25, 0.3) is 0 Å². The highest BCUT2D eigenvalue weighted by Gasteiger charge is 2.41. The normalized spacial score (nSPS) is 25.4. The maximum absolute atomic E-state index is 12.0. The Morgan fingerprint density at radius 1 is 0.781 bits per heavy atom. The number of nitrogens with one attached hydrogen (secondary N) is 2. The smallest absolute Gasteiger partial charge is 0.368 e. The van der Waals surface area contributed by atoms with Crippen LogP contribution in [0.1, 0.15) is 32.1 Å². The lowest BCUT2D eigenvalue weighted by Crippen LogP contribution is -2.42. The molecule has 0 heterocycles. The SMILES string of the molecule is C=C(CCNC(=O)CO[C@H]1C[C@@H](OC(F)(F)F)C1)NC(=O)CO[C@H]1C[C@@H](OC(F)(F)F)C1. The van der Waals surface area contributed by atoms with Gasteiger partial charge in [0, 0.05) is 44.3 Å². The molecule has 2 aliphatic rings. The van der Waals surface area contributed by atoms with Gasteiger partial charge in [-0.3, -0.25) is 19.1 Å². The van der Waals surface area contributed by atoms with Gasteiger partial charge >= 0.3 is 12.7 Å². The molecule has 0 aromatic heterocycles. The highest BCUT2D eigenvalue weighted by Crippen LogP contribution is 2.32. The van der Waals surface area contributed by atoms with Crippen LogP contribution in [0.5, 0.6) is 0 Å². The summed E-state index contributed by atoms with van der Waals surface area (Å²) in [5.74, 6) is -1.02. The number of alkyl halides is 6. The van der Waals surface area contributed by atoms with Crippen LogP contribution in [0.4, 0.5) is 26.3 Å². The molecule has 8 nitrogen and oxygen atoms in total. The summed E-state index contributed by atoms with van der Waals surface area (Å²) in [6.45, 7) is 3.07. The third-order valence-electron chi connectivity index (χ3n) is 4.67. The molecule has 184 valence electrons. The molecular formula is C18H24F6N2O6. The van der Waals surface area contributed by atoms with Crippen molar-refractivity contribution in [1.82, 2.24) is 10.6 Å². The molecule has 0 aromatic rings. The number of hydrogen-bond donors (Lipinski definition) is 2. The number of carbonyl (C=O) groups excluding carboxylic acids is 2. The van der Waals surface area contributed by atoms with Gasteiger partial charge in [0.05, 0.1) is 24.4 Å². The number of rotatable bonds is 12. The van der Waals surface area contributed by atoms with Gasteiger partial charge in [-0.25, -0.2) is 0 Å². The van der Waals surface area contributed by atoms with Gasteiger partial charge in [0.25, 0.3) is 0 Å². The maximum Gasteiger partial charge on any atom is 0.522 e. The zero-order chi connectivity index (χ0) is 23.9. The Hall–Kier alpha value is -1.90. The van der Waals surface area contributed by atoms with Crippen molar-refractivity contribution in [1.29, 1.82) is 0 Å². The Kier molecular flexibility index (Phi) is 9.30. The summed E-state index contributed by atoms with van der Waals surface area (Å²) in [6, 6.07) is 0. The molecule has 0 aliphatic heterocycles. The van der Waals surface area contributed by atoms with Crippen molar-refractivity contribution >= 4 is 11.8 Å². The van der Waals surface area contributed by atoms with Crippen molar-refractivity contribution in [2.24, 2.45) is 0 Å². The van der Waals surface area contributed by atoms with E-state index in [1.807, 2.05) is 0 Å². The van der Waals surface area contributed by atoms with E-state index in [1.165, 1.54) is 0 Å². The van der Waals surface area contributed by atoms with Crippen LogP contribution in [0.2, 0.25) is 0 Å². The number of hydrogen-bond acceptors (Lipinski definition) is 6. The first-order chi connectivity index (χ1) is 14.8. The zero-order valence-corrected chi connectivity index (χ0v) is 16.9. The molecule has 0 aromatic carbocycles. The fourth-order valence-electron chi connectivity index (χ4n) is 2.96. The quantitative estimate of drug-likeness (QED) is 0.418. The molecule has 0 unspecified atom stereocenters. The summed E-state index contributed by atoms with van der Waals surface area (Å²) >= 11 is 0. The van der Waals surface area contributed by atoms with Crippen molar-refractivity contribution in [3.63, 3.8) is 0 Å². The number of halogens is 6. The molecule has 0 bridgehead atoms. The van der Waals surface area contributed by atoms with Crippen molar-refractivity contribution in [2.75, 3.05) is 19.8 Å². The summed E-state index contributed by atoms with van der Waals surface area (Å²) in [5, 5.41) is 4.95. The zero-order valence-electron chi connectivity index (χ0n) is 16.9. The molecule has 32 heavy (non-hydrogen) atoms. The predicted octanol–water partition coefficient (Wildman–Crippen LogP) is 2.29. The van der Waals surface area contributed by atoms with Gasteiger partial charge in [-0.05, 0) is 0 Å². The molecule has 2 aliphatic carbocycles. The Balaban J connectivity index is 1.45. The molecule has 2 amide bonds. The van der Waals surface area contributed by atoms with Crippen LogP contribution in [-0.4, -0.2) is 68.7 Å². The third kappa shape index (κ3) is 10.6. The second-order valence-corrected chi connectivity index (χ2v) is 7.43. The standard InChI is InChI=1S/C18H24F6N2O6/c1-10(26-16(28)9-30-12-6-14(7-12)32-18(22,23)24)2-3-25-15(27)8-29-11-4-13(5-11)31-17(19,20)21/h11-14H,1-9H2,(H,25,27)(H,26,28)/t11-,12-,13+,14+. The van der Waals surface area contributed by atoms with Crippen LogP contribution >= 0.6 is 0 Å².